The summed E-state index contributed by atoms with van der Waals surface area (Å²) < 4.78 is 10.4. The summed E-state index contributed by atoms with van der Waals surface area (Å²) in [5.41, 5.74) is 1.74. The SMILES string of the molecule is CCOC(=O)c1sc(N2C(=O)C(=O)C(=C(O)c3ccc(OC)c(C)c3)[C@@H]2c2ccc(O)cc2)nc1C. The zero-order chi connectivity index (χ0) is 26.1. The number of carbonyl (C=O) groups excluding carboxylic acids is 3. The van der Waals surface area contributed by atoms with Crippen LogP contribution in [0.15, 0.2) is 48.0 Å². The highest BCUT2D eigenvalue weighted by atomic mass is 32.1. The molecule has 1 amide bonds. The Balaban J connectivity index is 1.91. The fourth-order valence-electron chi connectivity index (χ4n) is 4.05. The minimum Gasteiger partial charge on any atom is -0.508 e. The van der Waals surface area contributed by atoms with Crippen LogP contribution >= 0.6 is 11.3 Å². The van der Waals surface area contributed by atoms with Gasteiger partial charge in [-0.1, -0.05) is 23.5 Å². The Hall–Kier alpha value is -4.18. The summed E-state index contributed by atoms with van der Waals surface area (Å²) in [4.78, 5) is 44.7. The molecular formula is C26H24N2O7S. The minimum absolute atomic E-state index is 0.00355. The third-order valence-electron chi connectivity index (χ3n) is 5.77. The number of aliphatic hydroxyl groups excluding tert-OH is 1. The number of phenolic OH excluding ortho intramolecular Hbond substituents is 1. The van der Waals surface area contributed by atoms with Crippen LogP contribution in [-0.2, 0) is 14.3 Å². The molecule has 0 aliphatic carbocycles. The molecule has 2 aromatic carbocycles. The van der Waals surface area contributed by atoms with Crippen LogP contribution in [-0.4, -0.2) is 46.6 Å². The van der Waals surface area contributed by atoms with Gasteiger partial charge in [0.05, 0.1) is 31.0 Å². The summed E-state index contributed by atoms with van der Waals surface area (Å²) in [5.74, 6) is -2.14. The number of aromatic hydroxyl groups is 1. The molecule has 0 saturated carbocycles. The minimum atomic E-state index is -1.05. The largest absolute Gasteiger partial charge is 0.508 e. The highest BCUT2D eigenvalue weighted by Gasteiger charge is 2.48. The van der Waals surface area contributed by atoms with Crippen LogP contribution in [0.5, 0.6) is 11.5 Å². The number of aromatic nitrogens is 1. The molecule has 186 valence electrons. The van der Waals surface area contributed by atoms with E-state index in [1.54, 1.807) is 51.1 Å². The standard InChI is InChI=1S/C26H24N2O7S/c1-5-35-25(33)23-14(3)27-26(36-23)28-20(15-6-9-17(29)10-7-15)19(22(31)24(28)32)21(30)16-8-11-18(34-4)13(2)12-16/h6-12,20,29-30H,5H2,1-4H3/t20-/m0/s1. The van der Waals surface area contributed by atoms with Gasteiger partial charge in [0.15, 0.2) is 5.13 Å². The fraction of sp³-hybridized carbons (Fsp3) is 0.231. The number of thiazole rings is 1. The van der Waals surface area contributed by atoms with Gasteiger partial charge in [-0.3, -0.25) is 14.5 Å². The van der Waals surface area contributed by atoms with E-state index in [2.05, 4.69) is 4.98 Å². The van der Waals surface area contributed by atoms with Gasteiger partial charge in [-0.25, -0.2) is 9.78 Å². The molecule has 9 nitrogen and oxygen atoms in total. The second-order valence-electron chi connectivity index (χ2n) is 8.08. The Morgan fingerprint density at radius 1 is 1.14 bits per heavy atom. The topological polar surface area (TPSA) is 126 Å². The predicted molar refractivity (Wildman–Crippen MR) is 133 cm³/mol. The van der Waals surface area contributed by atoms with Crippen molar-refractivity contribution in [1.29, 1.82) is 0 Å². The van der Waals surface area contributed by atoms with Crippen LogP contribution in [0.3, 0.4) is 0 Å². The summed E-state index contributed by atoms with van der Waals surface area (Å²) in [6.45, 7) is 5.25. The van der Waals surface area contributed by atoms with E-state index in [1.807, 2.05) is 0 Å². The van der Waals surface area contributed by atoms with E-state index in [1.165, 1.54) is 19.2 Å². The number of anilines is 1. The molecule has 10 heteroatoms. The van der Waals surface area contributed by atoms with Gasteiger partial charge in [-0.05, 0) is 62.2 Å². The number of phenols is 1. The molecule has 1 aromatic heterocycles. The molecule has 36 heavy (non-hydrogen) atoms. The number of methoxy groups -OCH3 is 1. The summed E-state index contributed by atoms with van der Waals surface area (Å²) in [6, 6.07) is 9.81. The quantitative estimate of drug-likeness (QED) is 0.219. The Morgan fingerprint density at radius 2 is 1.83 bits per heavy atom. The second kappa shape index (κ2) is 9.82. The van der Waals surface area contributed by atoms with Gasteiger partial charge in [0.2, 0.25) is 0 Å². The molecule has 3 aromatic rings. The van der Waals surface area contributed by atoms with Gasteiger partial charge in [0, 0.05) is 5.56 Å². The molecule has 1 aliphatic rings. The van der Waals surface area contributed by atoms with E-state index in [-0.39, 0.29) is 33.7 Å². The van der Waals surface area contributed by atoms with Crippen molar-refractivity contribution < 1.29 is 34.1 Å². The maximum absolute atomic E-state index is 13.3. The van der Waals surface area contributed by atoms with E-state index in [4.69, 9.17) is 9.47 Å². The van der Waals surface area contributed by atoms with Crippen molar-refractivity contribution in [1.82, 2.24) is 4.98 Å². The maximum atomic E-state index is 13.3. The smallest absolute Gasteiger partial charge is 0.350 e. The highest BCUT2D eigenvalue weighted by molar-refractivity contribution is 7.17. The normalized spacial score (nSPS) is 16.9. The number of ether oxygens (including phenoxy) is 2. The third kappa shape index (κ3) is 4.31. The monoisotopic (exact) mass is 508 g/mol. The van der Waals surface area contributed by atoms with Gasteiger partial charge in [0.25, 0.3) is 5.78 Å². The summed E-state index contributed by atoms with van der Waals surface area (Å²) in [5, 5.41) is 21.2. The number of hydrogen-bond acceptors (Lipinski definition) is 9. The maximum Gasteiger partial charge on any atom is 0.350 e. The first-order chi connectivity index (χ1) is 17.2. The van der Waals surface area contributed by atoms with Crippen LogP contribution in [0.1, 0.15) is 45.0 Å². The van der Waals surface area contributed by atoms with Crippen LogP contribution in [0, 0.1) is 13.8 Å². The zero-order valence-electron chi connectivity index (χ0n) is 20.1. The van der Waals surface area contributed by atoms with E-state index >= 15 is 0 Å². The van der Waals surface area contributed by atoms with Gasteiger partial charge < -0.3 is 19.7 Å². The first-order valence-corrected chi connectivity index (χ1v) is 11.9. The summed E-state index contributed by atoms with van der Waals surface area (Å²) in [6.07, 6.45) is 0. The average Bonchev–Trinajstić information content (AvgIpc) is 3.36. The highest BCUT2D eigenvalue weighted by Crippen LogP contribution is 2.44. The lowest BCUT2D eigenvalue weighted by Gasteiger charge is -2.23. The molecule has 0 unspecified atom stereocenters. The van der Waals surface area contributed by atoms with E-state index in [9.17, 15) is 24.6 Å². The number of amides is 1. The molecular weight excluding hydrogens is 484 g/mol. The zero-order valence-corrected chi connectivity index (χ0v) is 20.9. The average molecular weight is 509 g/mol. The molecule has 2 N–H and O–H groups in total. The molecule has 1 fully saturated rings. The second-order valence-corrected chi connectivity index (χ2v) is 9.05. The fourth-order valence-corrected chi connectivity index (χ4v) is 5.04. The van der Waals surface area contributed by atoms with Gasteiger partial charge in [0.1, 0.15) is 22.1 Å². The Morgan fingerprint density at radius 3 is 2.44 bits per heavy atom. The van der Waals surface area contributed by atoms with Gasteiger partial charge in [-0.2, -0.15) is 0 Å². The number of aryl methyl sites for hydroxylation is 2. The number of esters is 1. The van der Waals surface area contributed by atoms with Crippen LogP contribution in [0.25, 0.3) is 5.76 Å². The lowest BCUT2D eigenvalue weighted by atomic mass is 9.95. The van der Waals surface area contributed by atoms with Crippen molar-refractivity contribution in [3.05, 3.63) is 75.3 Å². The number of aliphatic hydroxyl groups is 1. The molecule has 1 atom stereocenters. The van der Waals surface area contributed by atoms with Crippen molar-refractivity contribution in [3.63, 3.8) is 0 Å². The Bertz CT molecular complexity index is 1390. The van der Waals surface area contributed by atoms with Crippen LogP contribution < -0.4 is 9.64 Å². The lowest BCUT2D eigenvalue weighted by Crippen LogP contribution is -2.29. The number of ketones is 1. The van der Waals surface area contributed by atoms with Crippen molar-refractivity contribution in [2.24, 2.45) is 0 Å². The summed E-state index contributed by atoms with van der Waals surface area (Å²) in [7, 11) is 1.53. The first kappa shape index (κ1) is 24.9. The number of nitrogens with zero attached hydrogens (tertiary/aromatic N) is 2. The van der Waals surface area contributed by atoms with Crippen molar-refractivity contribution in [3.8, 4) is 11.5 Å². The Labute approximate surface area is 211 Å². The number of hydrogen-bond donors (Lipinski definition) is 2. The molecule has 0 bridgehead atoms. The van der Waals surface area contributed by atoms with E-state index in [0.29, 0.717) is 22.6 Å². The third-order valence-corrected chi connectivity index (χ3v) is 6.91. The van der Waals surface area contributed by atoms with Crippen molar-refractivity contribution in [2.45, 2.75) is 26.8 Å². The predicted octanol–water partition coefficient (Wildman–Crippen LogP) is 4.28. The number of benzene rings is 2. The van der Waals surface area contributed by atoms with Crippen LogP contribution in [0.4, 0.5) is 5.13 Å². The van der Waals surface area contributed by atoms with E-state index in [0.717, 1.165) is 21.8 Å². The molecule has 0 spiro atoms. The van der Waals surface area contributed by atoms with Gasteiger partial charge >= 0.3 is 11.9 Å². The van der Waals surface area contributed by atoms with Crippen molar-refractivity contribution >= 4 is 39.9 Å². The number of rotatable bonds is 6. The molecule has 2 heterocycles. The molecule has 1 saturated heterocycles. The molecule has 4 rings (SSSR count). The van der Waals surface area contributed by atoms with Crippen molar-refractivity contribution in [2.75, 3.05) is 18.6 Å². The number of carbonyl (C=O) groups is 3. The summed E-state index contributed by atoms with van der Waals surface area (Å²) >= 11 is 0.926. The van der Waals surface area contributed by atoms with Gasteiger partial charge in [-0.15, -0.1) is 0 Å². The molecule has 0 radical (unpaired) electrons. The van der Waals surface area contributed by atoms with Crippen LogP contribution in [0.2, 0.25) is 0 Å². The number of Topliss-reactive ketones (excluding diaryl/α,β-unsaturated/α-hetero) is 1. The first-order valence-electron chi connectivity index (χ1n) is 11.1. The van der Waals surface area contributed by atoms with E-state index < -0.39 is 23.7 Å². The molecule has 1 aliphatic heterocycles. The lowest BCUT2D eigenvalue weighted by molar-refractivity contribution is -0.132. The Kier molecular flexibility index (Phi) is 6.80.